The third-order valence-corrected chi connectivity index (χ3v) is 4.40. The topological polar surface area (TPSA) is 48.7 Å². The molecule has 0 atom stereocenters. The van der Waals surface area contributed by atoms with Crippen LogP contribution in [0.2, 0.25) is 5.02 Å². The van der Waals surface area contributed by atoms with Gasteiger partial charge in [0.1, 0.15) is 35.8 Å². The third-order valence-electron chi connectivity index (χ3n) is 4.09. The molecular weight excluding hydrogens is 383 g/mol. The van der Waals surface area contributed by atoms with Crippen molar-refractivity contribution in [1.82, 2.24) is 0 Å². The Kier molecular flexibility index (Phi) is 5.00. The van der Waals surface area contributed by atoms with E-state index in [1.54, 1.807) is 54.6 Å². The summed E-state index contributed by atoms with van der Waals surface area (Å²) in [5, 5.41) is 0.755. The second-order valence-electron chi connectivity index (χ2n) is 6.03. The van der Waals surface area contributed by atoms with Gasteiger partial charge in [-0.15, -0.1) is 0 Å². The lowest BCUT2D eigenvalue weighted by atomic mass is 10.2. The second-order valence-corrected chi connectivity index (χ2v) is 6.44. The Hall–Kier alpha value is -3.31. The first kappa shape index (κ1) is 18.1. The van der Waals surface area contributed by atoms with Crippen molar-refractivity contribution in [2.75, 3.05) is 0 Å². The average Bonchev–Trinajstić information content (AvgIpc) is 2.71. The molecule has 0 N–H and O–H groups in total. The lowest BCUT2D eigenvalue weighted by Gasteiger charge is -2.09. The van der Waals surface area contributed by atoms with Crippen LogP contribution in [-0.4, -0.2) is 0 Å². The van der Waals surface area contributed by atoms with E-state index in [-0.39, 0.29) is 23.6 Å². The summed E-state index contributed by atoms with van der Waals surface area (Å²) in [6.07, 6.45) is 1.25. The molecule has 0 aliphatic carbocycles. The van der Waals surface area contributed by atoms with Crippen molar-refractivity contribution >= 4 is 22.6 Å². The van der Waals surface area contributed by atoms with Gasteiger partial charge in [0.15, 0.2) is 0 Å². The molecule has 4 aromatic rings. The van der Waals surface area contributed by atoms with Gasteiger partial charge in [-0.25, -0.2) is 4.39 Å². The maximum atomic E-state index is 13.0. The summed E-state index contributed by atoms with van der Waals surface area (Å²) in [5.74, 6) is 0.640. The Bertz CT molecular complexity index is 1190. The Morgan fingerprint density at radius 1 is 0.964 bits per heavy atom. The molecule has 6 heteroatoms. The molecule has 0 radical (unpaired) electrons. The largest absolute Gasteiger partial charge is 0.489 e. The van der Waals surface area contributed by atoms with E-state index in [0.29, 0.717) is 27.5 Å². The van der Waals surface area contributed by atoms with Crippen LogP contribution in [0.15, 0.2) is 82.2 Å². The molecule has 0 aliphatic rings. The number of hydrogen-bond acceptors (Lipinski definition) is 4. The minimum Gasteiger partial charge on any atom is -0.489 e. The van der Waals surface area contributed by atoms with Crippen molar-refractivity contribution in [2.45, 2.75) is 6.61 Å². The zero-order valence-corrected chi connectivity index (χ0v) is 15.3. The molecule has 0 saturated carbocycles. The van der Waals surface area contributed by atoms with Crippen LogP contribution in [0.1, 0.15) is 5.56 Å². The molecule has 0 aliphatic heterocycles. The molecule has 0 bridgehead atoms. The minimum absolute atomic E-state index is 0.0422. The molecule has 3 aromatic carbocycles. The van der Waals surface area contributed by atoms with E-state index in [9.17, 15) is 9.18 Å². The van der Waals surface area contributed by atoms with Crippen molar-refractivity contribution in [3.63, 3.8) is 0 Å². The maximum absolute atomic E-state index is 13.0. The van der Waals surface area contributed by atoms with Crippen molar-refractivity contribution in [1.29, 1.82) is 0 Å². The van der Waals surface area contributed by atoms with Crippen molar-refractivity contribution < 1.29 is 18.3 Å². The fourth-order valence-electron chi connectivity index (χ4n) is 2.64. The SMILES string of the molecule is O=c1c(Oc2ccccc2Cl)coc2cc(OCc3ccc(F)cc3)ccc12. The number of rotatable bonds is 5. The predicted molar refractivity (Wildman–Crippen MR) is 105 cm³/mol. The minimum atomic E-state index is -0.314. The lowest BCUT2D eigenvalue weighted by Crippen LogP contribution is -2.05. The summed E-state index contributed by atoms with van der Waals surface area (Å²) >= 11 is 6.06. The van der Waals surface area contributed by atoms with Gasteiger partial charge in [0.2, 0.25) is 11.2 Å². The molecule has 1 heterocycles. The summed E-state index contributed by atoms with van der Waals surface area (Å²) in [7, 11) is 0. The normalized spacial score (nSPS) is 10.8. The Morgan fingerprint density at radius 3 is 2.54 bits per heavy atom. The van der Waals surface area contributed by atoms with Crippen LogP contribution in [0.4, 0.5) is 4.39 Å². The van der Waals surface area contributed by atoms with E-state index < -0.39 is 0 Å². The molecule has 0 fully saturated rings. The Labute approximate surface area is 164 Å². The Morgan fingerprint density at radius 2 is 1.75 bits per heavy atom. The number of ether oxygens (including phenoxy) is 2. The van der Waals surface area contributed by atoms with E-state index >= 15 is 0 Å². The number of benzene rings is 3. The molecular formula is C22H14ClFO4. The molecule has 1 aromatic heterocycles. The van der Waals surface area contributed by atoms with Gasteiger partial charge in [0, 0.05) is 6.07 Å². The first-order valence-corrected chi connectivity index (χ1v) is 8.83. The Balaban J connectivity index is 1.56. The van der Waals surface area contributed by atoms with Crippen molar-refractivity contribution in [3.05, 3.63) is 99.6 Å². The summed E-state index contributed by atoms with van der Waals surface area (Å²) in [5.41, 5.74) is 0.880. The highest BCUT2D eigenvalue weighted by molar-refractivity contribution is 6.32. The highest BCUT2D eigenvalue weighted by atomic mass is 35.5. The van der Waals surface area contributed by atoms with E-state index in [2.05, 4.69) is 0 Å². The van der Waals surface area contributed by atoms with Crippen LogP contribution in [0.25, 0.3) is 11.0 Å². The molecule has 140 valence electrons. The second kappa shape index (κ2) is 7.74. The quantitative estimate of drug-likeness (QED) is 0.418. The molecule has 28 heavy (non-hydrogen) atoms. The molecule has 0 amide bonds. The van der Waals surface area contributed by atoms with Gasteiger partial charge in [0.05, 0.1) is 10.4 Å². The average molecular weight is 397 g/mol. The van der Waals surface area contributed by atoms with Gasteiger partial charge in [-0.1, -0.05) is 35.9 Å². The van der Waals surface area contributed by atoms with Crippen LogP contribution in [0.5, 0.6) is 17.2 Å². The van der Waals surface area contributed by atoms with E-state index in [0.717, 1.165) is 5.56 Å². The third kappa shape index (κ3) is 3.85. The van der Waals surface area contributed by atoms with E-state index in [1.165, 1.54) is 18.4 Å². The van der Waals surface area contributed by atoms with E-state index in [1.807, 2.05) is 0 Å². The van der Waals surface area contributed by atoms with Crippen LogP contribution in [0, 0.1) is 5.82 Å². The zero-order valence-electron chi connectivity index (χ0n) is 14.5. The van der Waals surface area contributed by atoms with Crippen molar-refractivity contribution in [2.24, 2.45) is 0 Å². The van der Waals surface area contributed by atoms with Crippen LogP contribution >= 0.6 is 11.6 Å². The summed E-state index contributed by atoms with van der Waals surface area (Å²) in [4.78, 5) is 12.7. The van der Waals surface area contributed by atoms with Gasteiger partial charge < -0.3 is 13.9 Å². The fourth-order valence-corrected chi connectivity index (χ4v) is 2.82. The van der Waals surface area contributed by atoms with Crippen LogP contribution in [-0.2, 0) is 6.61 Å². The monoisotopic (exact) mass is 396 g/mol. The van der Waals surface area contributed by atoms with Gasteiger partial charge >= 0.3 is 0 Å². The summed E-state index contributed by atoms with van der Waals surface area (Å²) in [6, 6.07) is 17.8. The lowest BCUT2D eigenvalue weighted by molar-refractivity contribution is 0.306. The number of hydrogen-bond donors (Lipinski definition) is 0. The molecule has 0 spiro atoms. The standard InChI is InChI=1S/C22H14ClFO4/c23-18-3-1-2-4-19(18)28-21-13-27-20-11-16(9-10-17(20)22(21)25)26-12-14-5-7-15(24)8-6-14/h1-11,13H,12H2. The molecule has 0 unspecified atom stereocenters. The zero-order chi connectivity index (χ0) is 19.5. The van der Waals surface area contributed by atoms with Gasteiger partial charge in [0.25, 0.3) is 0 Å². The smallest absolute Gasteiger partial charge is 0.235 e. The molecule has 4 rings (SSSR count). The molecule has 0 saturated heterocycles. The first-order chi connectivity index (χ1) is 13.6. The van der Waals surface area contributed by atoms with Gasteiger partial charge in [-0.3, -0.25) is 4.79 Å². The molecule has 4 nitrogen and oxygen atoms in total. The van der Waals surface area contributed by atoms with E-state index in [4.69, 9.17) is 25.5 Å². The summed E-state index contributed by atoms with van der Waals surface area (Å²) in [6.45, 7) is 0.268. The fraction of sp³-hybridized carbons (Fsp3) is 0.0455. The first-order valence-electron chi connectivity index (χ1n) is 8.45. The number of fused-ring (bicyclic) bond motifs is 1. The van der Waals surface area contributed by atoms with Crippen LogP contribution < -0.4 is 14.9 Å². The summed E-state index contributed by atoms with van der Waals surface area (Å²) < 4.78 is 29.8. The van der Waals surface area contributed by atoms with Crippen LogP contribution in [0.3, 0.4) is 0 Å². The highest BCUT2D eigenvalue weighted by Crippen LogP contribution is 2.29. The van der Waals surface area contributed by atoms with Crippen molar-refractivity contribution in [3.8, 4) is 17.2 Å². The number of halogens is 2. The predicted octanol–water partition coefficient (Wildman–Crippen LogP) is 5.96. The van der Waals surface area contributed by atoms with Gasteiger partial charge in [-0.05, 0) is 42.0 Å². The number of para-hydroxylation sites is 1. The highest BCUT2D eigenvalue weighted by Gasteiger charge is 2.11. The van der Waals surface area contributed by atoms with Gasteiger partial charge in [-0.2, -0.15) is 0 Å². The maximum Gasteiger partial charge on any atom is 0.235 e.